The van der Waals surface area contributed by atoms with Gasteiger partial charge < -0.3 is 10.1 Å². The van der Waals surface area contributed by atoms with Gasteiger partial charge in [-0.15, -0.1) is 0 Å². The average molecular weight is 507 g/mol. The highest BCUT2D eigenvalue weighted by Gasteiger charge is 2.36. The van der Waals surface area contributed by atoms with Crippen molar-refractivity contribution in [3.8, 4) is 5.75 Å². The smallest absolute Gasteiger partial charge is 0.294 e. The molecule has 4 rings (SSSR count). The fourth-order valence-corrected chi connectivity index (χ4v) is 4.60. The highest BCUT2D eigenvalue weighted by Crippen LogP contribution is 2.34. The van der Waals surface area contributed by atoms with Gasteiger partial charge in [0.25, 0.3) is 11.1 Å². The van der Waals surface area contributed by atoms with Gasteiger partial charge in [-0.25, -0.2) is 0 Å². The number of amides is 3. The molecule has 1 aliphatic rings. The molecular formula is C27H23ClN2O4S. The van der Waals surface area contributed by atoms with Crippen molar-refractivity contribution in [2.24, 2.45) is 0 Å². The topological polar surface area (TPSA) is 75.7 Å². The predicted molar refractivity (Wildman–Crippen MR) is 139 cm³/mol. The van der Waals surface area contributed by atoms with Crippen molar-refractivity contribution in [2.75, 3.05) is 11.9 Å². The molecule has 1 aliphatic heterocycles. The first-order chi connectivity index (χ1) is 16.8. The molecule has 35 heavy (non-hydrogen) atoms. The van der Waals surface area contributed by atoms with Crippen LogP contribution in [0.3, 0.4) is 0 Å². The summed E-state index contributed by atoms with van der Waals surface area (Å²) in [6.45, 7) is 3.83. The third-order valence-corrected chi connectivity index (χ3v) is 6.35. The number of hydrogen-bond acceptors (Lipinski definition) is 5. The zero-order valence-corrected chi connectivity index (χ0v) is 20.8. The van der Waals surface area contributed by atoms with Gasteiger partial charge in [-0.1, -0.05) is 48.0 Å². The van der Waals surface area contributed by atoms with Gasteiger partial charge in [0.1, 0.15) is 18.9 Å². The van der Waals surface area contributed by atoms with Gasteiger partial charge in [-0.2, -0.15) is 0 Å². The first kappa shape index (κ1) is 24.6. The van der Waals surface area contributed by atoms with Crippen LogP contribution < -0.4 is 10.1 Å². The quantitative estimate of drug-likeness (QED) is 0.385. The number of carbonyl (C=O) groups excluding carboxylic acids is 3. The molecule has 1 N–H and O–H groups in total. The zero-order chi connectivity index (χ0) is 24.9. The molecule has 0 atom stereocenters. The lowest BCUT2D eigenvalue weighted by molar-refractivity contribution is -0.127. The lowest BCUT2D eigenvalue weighted by Crippen LogP contribution is -2.36. The Labute approximate surface area is 212 Å². The lowest BCUT2D eigenvalue weighted by atomic mass is 10.1. The summed E-state index contributed by atoms with van der Waals surface area (Å²) in [5.41, 5.74) is 4.24. The van der Waals surface area contributed by atoms with E-state index in [2.05, 4.69) is 5.32 Å². The Morgan fingerprint density at radius 3 is 2.43 bits per heavy atom. The minimum atomic E-state index is -0.511. The number of hydrogen-bond donors (Lipinski definition) is 1. The predicted octanol–water partition coefficient (Wildman–Crippen LogP) is 6.21. The fraction of sp³-hybridized carbons (Fsp3) is 0.148. The molecule has 3 amide bonds. The number of nitrogens with zero attached hydrogens (tertiary/aromatic N) is 1. The molecule has 0 bridgehead atoms. The van der Waals surface area contributed by atoms with E-state index in [1.54, 1.807) is 30.3 Å². The Morgan fingerprint density at radius 1 is 1.03 bits per heavy atom. The standard InChI is InChI=1S/C27H23ClN2O4S/c1-17-11-18(2)13-22(12-17)29-25(31)15-30-26(32)24(35-27(30)33)14-20-5-3-4-6-23(20)34-16-19-7-9-21(28)10-8-19/h3-14H,15-16H2,1-2H3,(H,29,31)/b24-14+. The second-order valence-electron chi connectivity index (χ2n) is 8.15. The van der Waals surface area contributed by atoms with Gasteiger partial charge in [0.2, 0.25) is 5.91 Å². The van der Waals surface area contributed by atoms with Crippen LogP contribution in [0.5, 0.6) is 5.75 Å². The van der Waals surface area contributed by atoms with Gasteiger partial charge in [0.15, 0.2) is 0 Å². The summed E-state index contributed by atoms with van der Waals surface area (Å²) in [7, 11) is 0. The minimum Gasteiger partial charge on any atom is -0.488 e. The lowest BCUT2D eigenvalue weighted by Gasteiger charge is -2.13. The fourth-order valence-electron chi connectivity index (χ4n) is 3.64. The number of halogens is 1. The van der Waals surface area contributed by atoms with Crippen molar-refractivity contribution in [2.45, 2.75) is 20.5 Å². The second-order valence-corrected chi connectivity index (χ2v) is 9.58. The molecule has 1 fully saturated rings. The van der Waals surface area contributed by atoms with Crippen LogP contribution >= 0.6 is 23.4 Å². The highest BCUT2D eigenvalue weighted by atomic mass is 35.5. The molecule has 0 saturated carbocycles. The molecule has 178 valence electrons. The van der Waals surface area contributed by atoms with Crippen LogP contribution in [0.15, 0.2) is 71.6 Å². The Balaban J connectivity index is 1.44. The number of benzene rings is 3. The molecule has 3 aromatic rings. The third kappa shape index (κ3) is 6.32. The first-order valence-corrected chi connectivity index (χ1v) is 12.1. The largest absolute Gasteiger partial charge is 0.488 e. The van der Waals surface area contributed by atoms with Crippen LogP contribution in [-0.4, -0.2) is 28.5 Å². The Hall–Kier alpha value is -3.55. The Kier molecular flexibility index (Phi) is 7.58. The maximum atomic E-state index is 12.9. The van der Waals surface area contributed by atoms with Crippen molar-refractivity contribution in [3.63, 3.8) is 0 Å². The monoisotopic (exact) mass is 506 g/mol. The molecule has 1 heterocycles. The van der Waals surface area contributed by atoms with E-state index in [-0.39, 0.29) is 11.4 Å². The second kappa shape index (κ2) is 10.8. The van der Waals surface area contributed by atoms with Crippen LogP contribution in [0.1, 0.15) is 22.3 Å². The molecule has 0 aliphatic carbocycles. The van der Waals surface area contributed by atoms with Crippen LogP contribution in [0.4, 0.5) is 10.5 Å². The van der Waals surface area contributed by atoms with Gasteiger partial charge in [-0.05, 0) is 78.7 Å². The van der Waals surface area contributed by atoms with Crippen molar-refractivity contribution < 1.29 is 19.1 Å². The van der Waals surface area contributed by atoms with Crippen LogP contribution in [-0.2, 0) is 16.2 Å². The molecule has 0 spiro atoms. The number of carbonyl (C=O) groups is 3. The maximum Gasteiger partial charge on any atom is 0.294 e. The van der Waals surface area contributed by atoms with E-state index in [0.717, 1.165) is 33.4 Å². The molecular weight excluding hydrogens is 484 g/mol. The number of aryl methyl sites for hydroxylation is 2. The summed E-state index contributed by atoms with van der Waals surface area (Å²) < 4.78 is 5.94. The number of imide groups is 1. The van der Waals surface area contributed by atoms with E-state index in [1.807, 2.05) is 56.3 Å². The van der Waals surface area contributed by atoms with Gasteiger partial charge in [-0.3, -0.25) is 19.3 Å². The summed E-state index contributed by atoms with van der Waals surface area (Å²) >= 11 is 6.73. The molecule has 3 aromatic carbocycles. The Bertz CT molecular complexity index is 1300. The van der Waals surface area contributed by atoms with E-state index < -0.39 is 17.1 Å². The average Bonchev–Trinajstić information content (AvgIpc) is 3.06. The number of ether oxygens (including phenoxy) is 1. The molecule has 0 radical (unpaired) electrons. The van der Waals surface area contributed by atoms with Gasteiger partial charge in [0, 0.05) is 16.3 Å². The van der Waals surface area contributed by atoms with E-state index in [9.17, 15) is 14.4 Å². The normalized spacial score (nSPS) is 14.5. The van der Waals surface area contributed by atoms with Crippen molar-refractivity contribution >= 4 is 52.2 Å². The van der Waals surface area contributed by atoms with E-state index in [0.29, 0.717) is 28.6 Å². The van der Waals surface area contributed by atoms with Gasteiger partial charge >= 0.3 is 0 Å². The van der Waals surface area contributed by atoms with Gasteiger partial charge in [0.05, 0.1) is 4.91 Å². The number of anilines is 1. The van der Waals surface area contributed by atoms with Crippen molar-refractivity contribution in [3.05, 3.63) is 98.9 Å². The van der Waals surface area contributed by atoms with Crippen molar-refractivity contribution in [1.82, 2.24) is 4.90 Å². The number of para-hydroxylation sites is 1. The van der Waals surface area contributed by atoms with E-state index in [4.69, 9.17) is 16.3 Å². The summed E-state index contributed by atoms with van der Waals surface area (Å²) in [5.74, 6) is -0.380. The summed E-state index contributed by atoms with van der Waals surface area (Å²) in [5, 5.41) is 2.92. The maximum absolute atomic E-state index is 12.9. The van der Waals surface area contributed by atoms with Crippen LogP contribution in [0.25, 0.3) is 6.08 Å². The van der Waals surface area contributed by atoms with Crippen LogP contribution in [0.2, 0.25) is 5.02 Å². The van der Waals surface area contributed by atoms with Crippen LogP contribution in [0, 0.1) is 13.8 Å². The minimum absolute atomic E-state index is 0.233. The molecule has 1 saturated heterocycles. The Morgan fingerprint density at radius 2 is 1.71 bits per heavy atom. The van der Waals surface area contributed by atoms with Crippen molar-refractivity contribution in [1.29, 1.82) is 0 Å². The SMILES string of the molecule is Cc1cc(C)cc(NC(=O)CN2C(=O)S/C(=C/c3ccccc3OCc3ccc(Cl)cc3)C2=O)c1. The third-order valence-electron chi connectivity index (χ3n) is 5.19. The number of nitrogens with one attached hydrogen (secondary N) is 1. The molecule has 6 nitrogen and oxygen atoms in total. The highest BCUT2D eigenvalue weighted by molar-refractivity contribution is 8.18. The first-order valence-electron chi connectivity index (χ1n) is 10.9. The van der Waals surface area contributed by atoms with E-state index in [1.165, 1.54) is 0 Å². The summed E-state index contributed by atoms with van der Waals surface area (Å²) in [6.07, 6.45) is 1.61. The molecule has 0 aromatic heterocycles. The summed E-state index contributed by atoms with van der Waals surface area (Å²) in [4.78, 5) is 39.1. The molecule has 0 unspecified atom stereocenters. The zero-order valence-electron chi connectivity index (χ0n) is 19.2. The number of rotatable bonds is 7. The summed E-state index contributed by atoms with van der Waals surface area (Å²) in [6, 6.07) is 20.2. The molecule has 8 heteroatoms. The number of thioether (sulfide) groups is 1. The van der Waals surface area contributed by atoms with E-state index >= 15 is 0 Å².